The molecular weight excluding hydrogens is 416 g/mol. The number of rotatable bonds is 8. The number of ether oxygens (including phenoxy) is 4. The van der Waals surface area contributed by atoms with Crippen molar-refractivity contribution in [3.63, 3.8) is 0 Å². The fraction of sp³-hybridized carbons (Fsp3) is 0.652. The van der Waals surface area contributed by atoms with Crippen molar-refractivity contribution in [2.24, 2.45) is 11.8 Å². The van der Waals surface area contributed by atoms with Gasteiger partial charge in [-0.05, 0) is 38.0 Å². The standard InChI is InChI=1S/C23H34N2O7/c1-14(2)12-17-8-6-7-9-18(23(28)32-15(17)3)25-22(27)20-21(31-13-30-16(4)26)19(29-5)10-11-24-20/h10-11,14-15,17-18H,6-9,12-13H2,1-5H3,(H,25,27)/t15-,17-,18-/m0/s1. The predicted molar refractivity (Wildman–Crippen MR) is 116 cm³/mol. The van der Waals surface area contributed by atoms with Crippen LogP contribution >= 0.6 is 0 Å². The lowest BCUT2D eigenvalue weighted by atomic mass is 9.88. The van der Waals surface area contributed by atoms with Crippen molar-refractivity contribution in [2.75, 3.05) is 13.9 Å². The number of hydrogen-bond donors (Lipinski definition) is 1. The van der Waals surface area contributed by atoms with E-state index in [0.717, 1.165) is 25.7 Å². The summed E-state index contributed by atoms with van der Waals surface area (Å²) in [7, 11) is 1.42. The molecule has 0 radical (unpaired) electrons. The molecule has 0 unspecified atom stereocenters. The van der Waals surface area contributed by atoms with Gasteiger partial charge >= 0.3 is 11.9 Å². The molecule has 32 heavy (non-hydrogen) atoms. The maximum Gasteiger partial charge on any atom is 0.328 e. The third-order valence-corrected chi connectivity index (χ3v) is 5.42. The summed E-state index contributed by atoms with van der Waals surface area (Å²) in [5.41, 5.74) is -0.0742. The van der Waals surface area contributed by atoms with Crippen LogP contribution in [-0.4, -0.2) is 48.9 Å². The maximum absolute atomic E-state index is 13.0. The molecule has 1 amide bonds. The topological polar surface area (TPSA) is 113 Å². The Balaban J connectivity index is 2.15. The Labute approximate surface area is 189 Å². The molecule has 0 aromatic carbocycles. The summed E-state index contributed by atoms with van der Waals surface area (Å²) < 4.78 is 21.2. The van der Waals surface area contributed by atoms with Gasteiger partial charge < -0.3 is 24.3 Å². The number of pyridine rings is 1. The van der Waals surface area contributed by atoms with Crippen LogP contribution in [0.1, 0.15) is 70.3 Å². The average Bonchev–Trinajstić information content (AvgIpc) is 2.79. The zero-order chi connectivity index (χ0) is 23.7. The SMILES string of the molecule is COc1ccnc(C(=O)N[C@H]2CCCC[C@@H](CC(C)C)[C@H](C)OC2=O)c1OCOC(C)=O. The Morgan fingerprint density at radius 2 is 2.00 bits per heavy atom. The zero-order valence-corrected chi connectivity index (χ0v) is 19.5. The second-order valence-corrected chi connectivity index (χ2v) is 8.43. The van der Waals surface area contributed by atoms with Crippen LogP contribution in [0.4, 0.5) is 0 Å². The van der Waals surface area contributed by atoms with Crippen LogP contribution in [-0.2, 0) is 19.1 Å². The number of nitrogens with zero attached hydrogens (tertiary/aromatic N) is 1. The molecule has 0 aliphatic carbocycles. The van der Waals surface area contributed by atoms with Gasteiger partial charge in [0.1, 0.15) is 12.1 Å². The van der Waals surface area contributed by atoms with Crippen molar-refractivity contribution >= 4 is 17.8 Å². The molecule has 1 fully saturated rings. The summed E-state index contributed by atoms with van der Waals surface area (Å²) in [4.78, 5) is 40.9. The number of carbonyl (C=O) groups excluding carboxylic acids is 3. The van der Waals surface area contributed by atoms with E-state index in [-0.39, 0.29) is 23.3 Å². The van der Waals surface area contributed by atoms with Crippen LogP contribution < -0.4 is 14.8 Å². The van der Waals surface area contributed by atoms with E-state index in [1.54, 1.807) is 0 Å². The molecule has 0 spiro atoms. The van der Waals surface area contributed by atoms with Crippen molar-refractivity contribution < 1.29 is 33.3 Å². The monoisotopic (exact) mass is 450 g/mol. The average molecular weight is 451 g/mol. The molecule has 2 rings (SSSR count). The van der Waals surface area contributed by atoms with Gasteiger partial charge in [-0.25, -0.2) is 9.78 Å². The van der Waals surface area contributed by atoms with Gasteiger partial charge in [-0.1, -0.05) is 26.7 Å². The van der Waals surface area contributed by atoms with Gasteiger partial charge in [-0.3, -0.25) is 9.59 Å². The number of methoxy groups -OCH3 is 1. The third kappa shape index (κ3) is 7.39. The van der Waals surface area contributed by atoms with Crippen molar-refractivity contribution in [2.45, 2.75) is 71.9 Å². The first-order valence-corrected chi connectivity index (χ1v) is 11.0. The fourth-order valence-corrected chi connectivity index (χ4v) is 3.81. The lowest BCUT2D eigenvalue weighted by Crippen LogP contribution is -2.43. The number of amides is 1. The van der Waals surface area contributed by atoms with E-state index in [2.05, 4.69) is 24.1 Å². The highest BCUT2D eigenvalue weighted by Gasteiger charge is 2.31. The number of esters is 2. The fourth-order valence-electron chi connectivity index (χ4n) is 3.81. The first-order valence-electron chi connectivity index (χ1n) is 11.0. The number of carbonyl (C=O) groups is 3. The van der Waals surface area contributed by atoms with E-state index in [4.69, 9.17) is 18.9 Å². The molecule has 9 nitrogen and oxygen atoms in total. The largest absolute Gasteiger partial charge is 0.493 e. The van der Waals surface area contributed by atoms with Gasteiger partial charge in [-0.15, -0.1) is 0 Å². The molecule has 2 heterocycles. The summed E-state index contributed by atoms with van der Waals surface area (Å²) in [5.74, 6) is -0.495. The highest BCUT2D eigenvalue weighted by molar-refractivity contribution is 5.98. The van der Waals surface area contributed by atoms with E-state index in [9.17, 15) is 14.4 Å². The predicted octanol–water partition coefficient (Wildman–Crippen LogP) is 3.26. The first-order chi connectivity index (χ1) is 15.2. The molecule has 1 aliphatic rings. The number of hydrogen-bond acceptors (Lipinski definition) is 8. The molecular formula is C23H34N2O7. The maximum atomic E-state index is 13.0. The molecule has 0 bridgehead atoms. The Kier molecular flexibility index (Phi) is 9.74. The van der Waals surface area contributed by atoms with Gasteiger partial charge in [0.15, 0.2) is 17.2 Å². The Bertz CT molecular complexity index is 797. The van der Waals surface area contributed by atoms with Crippen LogP contribution in [0.25, 0.3) is 0 Å². The van der Waals surface area contributed by atoms with Gasteiger partial charge in [0.05, 0.1) is 7.11 Å². The van der Waals surface area contributed by atoms with E-state index in [1.807, 2.05) is 6.92 Å². The Hall–Kier alpha value is -2.84. The van der Waals surface area contributed by atoms with Gasteiger partial charge in [0.2, 0.25) is 6.79 Å². The number of aromatic nitrogens is 1. The summed E-state index contributed by atoms with van der Waals surface area (Å²) in [6, 6.07) is 0.724. The van der Waals surface area contributed by atoms with E-state index in [0.29, 0.717) is 18.3 Å². The highest BCUT2D eigenvalue weighted by Crippen LogP contribution is 2.30. The second-order valence-electron chi connectivity index (χ2n) is 8.43. The minimum Gasteiger partial charge on any atom is -0.493 e. The normalized spacial score (nSPS) is 21.6. The molecule has 1 aliphatic heterocycles. The second kappa shape index (κ2) is 12.3. The third-order valence-electron chi connectivity index (χ3n) is 5.42. The highest BCUT2D eigenvalue weighted by atomic mass is 16.7. The summed E-state index contributed by atoms with van der Waals surface area (Å²) in [6.45, 7) is 7.07. The van der Waals surface area contributed by atoms with Gasteiger partial charge in [-0.2, -0.15) is 0 Å². The minimum atomic E-state index is -0.794. The van der Waals surface area contributed by atoms with Crippen LogP contribution in [0.2, 0.25) is 0 Å². The van der Waals surface area contributed by atoms with Crippen molar-refractivity contribution in [3.8, 4) is 11.5 Å². The molecule has 178 valence electrons. The quantitative estimate of drug-likeness (QED) is 0.474. The first kappa shape index (κ1) is 25.4. The van der Waals surface area contributed by atoms with Crippen LogP contribution in [0, 0.1) is 11.8 Å². The van der Waals surface area contributed by atoms with Crippen LogP contribution in [0.3, 0.4) is 0 Å². The minimum absolute atomic E-state index is 0.0237. The molecule has 1 aromatic heterocycles. The molecule has 0 saturated carbocycles. The van der Waals surface area contributed by atoms with Crippen LogP contribution in [0.5, 0.6) is 11.5 Å². The lowest BCUT2D eigenvalue weighted by Gasteiger charge is -2.26. The van der Waals surface area contributed by atoms with E-state index < -0.39 is 30.7 Å². The Morgan fingerprint density at radius 1 is 1.28 bits per heavy atom. The zero-order valence-electron chi connectivity index (χ0n) is 19.5. The molecule has 9 heteroatoms. The summed E-state index contributed by atoms with van der Waals surface area (Å²) in [5, 5.41) is 2.73. The van der Waals surface area contributed by atoms with Crippen LogP contribution in [0.15, 0.2) is 12.3 Å². The van der Waals surface area contributed by atoms with Gasteiger partial charge in [0, 0.05) is 19.2 Å². The molecule has 1 aromatic rings. The summed E-state index contributed by atoms with van der Waals surface area (Å²) in [6.07, 6.45) is 5.37. The number of nitrogens with one attached hydrogen (secondary N) is 1. The summed E-state index contributed by atoms with van der Waals surface area (Å²) >= 11 is 0. The lowest BCUT2D eigenvalue weighted by molar-refractivity contribution is -0.153. The van der Waals surface area contributed by atoms with Gasteiger partial charge in [0.25, 0.3) is 5.91 Å². The van der Waals surface area contributed by atoms with Crippen molar-refractivity contribution in [1.82, 2.24) is 10.3 Å². The van der Waals surface area contributed by atoms with E-state index in [1.165, 1.54) is 26.3 Å². The molecule has 1 N–H and O–H groups in total. The molecule has 3 atom stereocenters. The van der Waals surface area contributed by atoms with Crippen molar-refractivity contribution in [1.29, 1.82) is 0 Å². The Morgan fingerprint density at radius 3 is 2.66 bits per heavy atom. The van der Waals surface area contributed by atoms with E-state index >= 15 is 0 Å². The molecule has 1 saturated heterocycles. The van der Waals surface area contributed by atoms with Crippen molar-refractivity contribution in [3.05, 3.63) is 18.0 Å². The number of cyclic esters (lactones) is 1. The smallest absolute Gasteiger partial charge is 0.328 e.